The molecule has 0 rings (SSSR count). The summed E-state index contributed by atoms with van der Waals surface area (Å²) < 4.78 is 0. The normalized spacial score (nSPS) is 13.0. The van der Waals surface area contributed by atoms with Gasteiger partial charge in [-0.2, -0.15) is 0 Å². The molecule has 0 fully saturated rings. The zero-order valence-corrected chi connectivity index (χ0v) is 15.5. The summed E-state index contributed by atoms with van der Waals surface area (Å²) in [7, 11) is 0. The van der Waals surface area contributed by atoms with Crippen LogP contribution < -0.4 is 0 Å². The van der Waals surface area contributed by atoms with Gasteiger partial charge in [-0.1, -0.05) is 72.9 Å². The van der Waals surface area contributed by atoms with Gasteiger partial charge in [0.05, 0.1) is 6.61 Å². The van der Waals surface area contributed by atoms with Gasteiger partial charge in [0, 0.05) is 6.42 Å². The fourth-order valence-corrected chi connectivity index (χ4v) is 1.92. The molecule has 0 spiro atoms. The SMILES string of the molecule is O=C(O)CC/C=C/C/C=C/C/C=C/C/C=C/C/C=C/C/C=C/CCOO. The number of carboxylic acids is 1. The van der Waals surface area contributed by atoms with Crippen molar-refractivity contribution in [3.8, 4) is 0 Å². The topological polar surface area (TPSA) is 66.8 Å². The Labute approximate surface area is 157 Å². The number of carboxylic acid groups (broad SMARTS) is 1. The van der Waals surface area contributed by atoms with Crippen LogP contribution in [0.3, 0.4) is 0 Å². The van der Waals surface area contributed by atoms with Crippen LogP contribution in [0.5, 0.6) is 0 Å². The first-order chi connectivity index (χ1) is 12.8. The van der Waals surface area contributed by atoms with Gasteiger partial charge in [-0.3, -0.25) is 10.1 Å². The smallest absolute Gasteiger partial charge is 0.303 e. The zero-order chi connectivity index (χ0) is 19.1. The van der Waals surface area contributed by atoms with E-state index in [0.29, 0.717) is 13.0 Å². The summed E-state index contributed by atoms with van der Waals surface area (Å²) in [6.45, 7) is 0.345. The Morgan fingerprint density at radius 1 is 0.615 bits per heavy atom. The summed E-state index contributed by atoms with van der Waals surface area (Å²) in [5, 5.41) is 16.6. The van der Waals surface area contributed by atoms with Crippen LogP contribution in [0.25, 0.3) is 0 Å². The van der Waals surface area contributed by atoms with E-state index in [4.69, 9.17) is 10.4 Å². The van der Waals surface area contributed by atoms with Crippen molar-refractivity contribution in [2.24, 2.45) is 0 Å². The highest BCUT2D eigenvalue weighted by Crippen LogP contribution is 1.97. The van der Waals surface area contributed by atoms with E-state index in [9.17, 15) is 4.79 Å². The second-order valence-corrected chi connectivity index (χ2v) is 5.56. The maximum Gasteiger partial charge on any atom is 0.303 e. The summed E-state index contributed by atoms with van der Waals surface area (Å²) in [5.74, 6) is -0.751. The Morgan fingerprint density at radius 3 is 1.31 bits per heavy atom. The van der Waals surface area contributed by atoms with Crippen molar-refractivity contribution < 1.29 is 20.0 Å². The van der Waals surface area contributed by atoms with Gasteiger partial charge in [0.2, 0.25) is 0 Å². The van der Waals surface area contributed by atoms with Gasteiger partial charge in [0.15, 0.2) is 0 Å². The molecule has 0 aliphatic carbocycles. The second kappa shape index (κ2) is 20.9. The van der Waals surface area contributed by atoms with Crippen molar-refractivity contribution in [2.45, 2.75) is 51.4 Å². The Bertz CT molecular complexity index is 496. The molecule has 2 N–H and O–H groups in total. The van der Waals surface area contributed by atoms with Crippen molar-refractivity contribution >= 4 is 5.97 Å². The molecule has 4 heteroatoms. The van der Waals surface area contributed by atoms with Crippen molar-refractivity contribution in [3.05, 3.63) is 72.9 Å². The van der Waals surface area contributed by atoms with Crippen LogP contribution in [0.2, 0.25) is 0 Å². The average molecular weight is 360 g/mol. The highest BCUT2D eigenvalue weighted by atomic mass is 17.1. The Balaban J connectivity index is 3.51. The molecule has 0 aromatic rings. The van der Waals surface area contributed by atoms with Gasteiger partial charge in [0.1, 0.15) is 0 Å². The third kappa shape index (κ3) is 21.8. The van der Waals surface area contributed by atoms with Crippen LogP contribution in [0.15, 0.2) is 72.9 Å². The van der Waals surface area contributed by atoms with Crippen LogP contribution >= 0.6 is 0 Å². The van der Waals surface area contributed by atoms with Gasteiger partial charge < -0.3 is 5.11 Å². The van der Waals surface area contributed by atoms with E-state index >= 15 is 0 Å². The lowest BCUT2D eigenvalue weighted by molar-refractivity contribution is -0.240. The van der Waals surface area contributed by atoms with Gasteiger partial charge in [-0.25, -0.2) is 4.89 Å². The largest absolute Gasteiger partial charge is 0.481 e. The zero-order valence-electron chi connectivity index (χ0n) is 15.5. The van der Waals surface area contributed by atoms with Crippen LogP contribution in [-0.4, -0.2) is 22.9 Å². The predicted octanol–water partition coefficient (Wildman–Crippen LogP) is 6.02. The van der Waals surface area contributed by atoms with E-state index in [1.165, 1.54) is 0 Å². The maximum absolute atomic E-state index is 10.3. The number of aliphatic carboxylic acids is 1. The number of rotatable bonds is 16. The monoisotopic (exact) mass is 360 g/mol. The molecular weight excluding hydrogens is 328 g/mol. The number of hydrogen-bond acceptors (Lipinski definition) is 3. The first kappa shape index (κ1) is 23.8. The fraction of sp³-hybridized carbons (Fsp3) is 0.409. The molecule has 0 saturated heterocycles. The molecule has 0 saturated carbocycles. The van der Waals surface area contributed by atoms with Crippen LogP contribution in [0.1, 0.15) is 51.4 Å². The van der Waals surface area contributed by atoms with E-state index in [2.05, 4.69) is 59.6 Å². The van der Waals surface area contributed by atoms with Gasteiger partial charge in [0.25, 0.3) is 0 Å². The molecule has 0 amide bonds. The number of allylic oxidation sites excluding steroid dienone is 11. The molecule has 0 aromatic heterocycles. The molecule has 0 unspecified atom stereocenters. The quantitative estimate of drug-likeness (QED) is 0.153. The Hall–Kier alpha value is -2.17. The number of hydrogen-bond donors (Lipinski definition) is 2. The average Bonchev–Trinajstić information content (AvgIpc) is 2.62. The van der Waals surface area contributed by atoms with E-state index in [0.717, 1.165) is 38.5 Å². The first-order valence-electron chi connectivity index (χ1n) is 9.15. The van der Waals surface area contributed by atoms with Crippen LogP contribution in [-0.2, 0) is 9.68 Å². The fourth-order valence-electron chi connectivity index (χ4n) is 1.92. The maximum atomic E-state index is 10.3. The summed E-state index contributed by atoms with van der Waals surface area (Å²) in [6.07, 6.45) is 31.1. The van der Waals surface area contributed by atoms with Crippen molar-refractivity contribution in [1.29, 1.82) is 0 Å². The third-order valence-electron chi connectivity index (χ3n) is 3.26. The van der Waals surface area contributed by atoms with Gasteiger partial charge in [-0.15, -0.1) is 0 Å². The summed E-state index contributed by atoms with van der Waals surface area (Å²) >= 11 is 0. The number of carbonyl (C=O) groups is 1. The molecule has 144 valence electrons. The van der Waals surface area contributed by atoms with E-state index < -0.39 is 5.97 Å². The lowest BCUT2D eigenvalue weighted by atomic mass is 10.2. The highest BCUT2D eigenvalue weighted by Gasteiger charge is 1.90. The molecule has 0 heterocycles. The molecule has 0 bridgehead atoms. The molecule has 0 radical (unpaired) electrons. The molecular formula is C22H32O4. The third-order valence-corrected chi connectivity index (χ3v) is 3.26. The lowest BCUT2D eigenvalue weighted by Crippen LogP contribution is -1.91. The highest BCUT2D eigenvalue weighted by molar-refractivity contribution is 5.66. The van der Waals surface area contributed by atoms with E-state index in [1.54, 1.807) is 0 Å². The lowest BCUT2D eigenvalue weighted by Gasteiger charge is -1.88. The molecule has 0 aliphatic rings. The molecule has 0 aliphatic heterocycles. The molecule has 26 heavy (non-hydrogen) atoms. The Kier molecular flexibility index (Phi) is 19.1. The standard InChI is InChI=1S/C22H32O4/c23-22(24)20-18-16-14-12-10-8-6-4-2-1-3-5-7-9-11-13-15-17-19-21-26-25/h2-5,8-11,14-17,25H,1,6-7,12-13,18-21H2,(H,23,24)/b4-2+,5-3+,10-8+,11-9+,16-14+,17-15+. The summed E-state index contributed by atoms with van der Waals surface area (Å²) in [4.78, 5) is 14.3. The molecule has 0 atom stereocenters. The Morgan fingerprint density at radius 2 is 0.962 bits per heavy atom. The minimum atomic E-state index is -0.751. The molecule has 4 nitrogen and oxygen atoms in total. The second-order valence-electron chi connectivity index (χ2n) is 5.56. The minimum absolute atomic E-state index is 0.199. The van der Waals surface area contributed by atoms with E-state index in [-0.39, 0.29) is 6.42 Å². The van der Waals surface area contributed by atoms with Crippen LogP contribution in [0, 0.1) is 0 Å². The van der Waals surface area contributed by atoms with E-state index in [1.807, 2.05) is 18.2 Å². The molecule has 0 aromatic carbocycles. The van der Waals surface area contributed by atoms with Crippen molar-refractivity contribution in [3.63, 3.8) is 0 Å². The minimum Gasteiger partial charge on any atom is -0.481 e. The van der Waals surface area contributed by atoms with Crippen LogP contribution in [0.4, 0.5) is 0 Å². The van der Waals surface area contributed by atoms with Crippen molar-refractivity contribution in [2.75, 3.05) is 6.61 Å². The predicted molar refractivity (Wildman–Crippen MR) is 108 cm³/mol. The van der Waals surface area contributed by atoms with Gasteiger partial charge in [-0.05, 0) is 44.9 Å². The van der Waals surface area contributed by atoms with Gasteiger partial charge >= 0.3 is 5.97 Å². The first-order valence-corrected chi connectivity index (χ1v) is 9.15. The van der Waals surface area contributed by atoms with Crippen molar-refractivity contribution in [1.82, 2.24) is 0 Å². The summed E-state index contributed by atoms with van der Waals surface area (Å²) in [6, 6.07) is 0. The summed E-state index contributed by atoms with van der Waals surface area (Å²) in [5.41, 5.74) is 0.